The maximum Gasteiger partial charge on any atom is 0.275 e. The van der Waals surface area contributed by atoms with Gasteiger partial charge < -0.3 is 5.73 Å². The van der Waals surface area contributed by atoms with Gasteiger partial charge in [-0.15, -0.1) is 0 Å². The predicted octanol–water partition coefficient (Wildman–Crippen LogP) is 3.87. The van der Waals surface area contributed by atoms with Gasteiger partial charge in [-0.3, -0.25) is 19.5 Å². The minimum atomic E-state index is -1.24. The summed E-state index contributed by atoms with van der Waals surface area (Å²) < 4.78 is 27.5. The average molecular weight is 411 g/mol. The number of primary amides is 1. The Morgan fingerprint density at radius 1 is 1.00 bits per heavy atom. The van der Waals surface area contributed by atoms with Crippen LogP contribution in [-0.2, 0) is 9.59 Å². The molecule has 5 nitrogen and oxygen atoms in total. The van der Waals surface area contributed by atoms with Crippen molar-refractivity contribution in [2.45, 2.75) is 50.2 Å². The van der Waals surface area contributed by atoms with Crippen LogP contribution >= 0.6 is 0 Å². The third-order valence-electron chi connectivity index (χ3n) is 5.93. The van der Waals surface area contributed by atoms with Crippen LogP contribution in [0.1, 0.15) is 55.7 Å². The van der Waals surface area contributed by atoms with E-state index in [0.29, 0.717) is 18.4 Å². The van der Waals surface area contributed by atoms with Crippen molar-refractivity contribution in [2.24, 2.45) is 10.7 Å². The van der Waals surface area contributed by atoms with Gasteiger partial charge in [-0.1, -0.05) is 49.2 Å². The first-order valence-corrected chi connectivity index (χ1v) is 10.2. The quantitative estimate of drug-likeness (QED) is 0.829. The Balaban J connectivity index is 1.85. The third kappa shape index (κ3) is 3.49. The highest BCUT2D eigenvalue weighted by molar-refractivity contribution is 6.47. The molecule has 1 aliphatic heterocycles. The van der Waals surface area contributed by atoms with Gasteiger partial charge in [0.25, 0.3) is 5.91 Å². The maximum atomic E-state index is 14.0. The molecule has 1 atom stereocenters. The molecule has 0 bridgehead atoms. The molecule has 30 heavy (non-hydrogen) atoms. The predicted molar refractivity (Wildman–Crippen MR) is 109 cm³/mol. The first-order chi connectivity index (χ1) is 14.4. The van der Waals surface area contributed by atoms with Crippen LogP contribution in [0.15, 0.2) is 53.5 Å². The fraction of sp³-hybridized carbons (Fsp3) is 0.348. The molecular formula is C23H23F2N3O2. The maximum absolute atomic E-state index is 14.0. The van der Waals surface area contributed by atoms with E-state index in [1.54, 1.807) is 12.1 Å². The van der Waals surface area contributed by atoms with E-state index in [9.17, 15) is 18.4 Å². The first-order valence-electron chi connectivity index (χ1n) is 10.2. The number of hydrogen-bond acceptors (Lipinski definition) is 3. The fourth-order valence-electron chi connectivity index (χ4n) is 4.53. The van der Waals surface area contributed by atoms with E-state index in [-0.39, 0.29) is 11.3 Å². The summed E-state index contributed by atoms with van der Waals surface area (Å²) in [5.41, 5.74) is 5.85. The molecule has 2 amide bonds. The molecular weight excluding hydrogens is 388 g/mol. The molecule has 2 aromatic carbocycles. The molecule has 4 rings (SSSR count). The highest BCUT2D eigenvalue weighted by Gasteiger charge is 2.51. The van der Waals surface area contributed by atoms with Gasteiger partial charge in [-0.2, -0.15) is 0 Å². The number of carbonyl (C=O) groups is 2. The SMILES string of the molecule is NC(=O)C(c1ccc(F)c(F)c1)N1C(=O)C(c2ccccc2)=NC12CCCCCC2. The smallest absolute Gasteiger partial charge is 0.275 e. The Morgan fingerprint density at radius 2 is 1.67 bits per heavy atom. The topological polar surface area (TPSA) is 75.8 Å². The van der Waals surface area contributed by atoms with Gasteiger partial charge in [0.1, 0.15) is 17.4 Å². The van der Waals surface area contributed by atoms with Crippen LogP contribution < -0.4 is 5.73 Å². The minimum absolute atomic E-state index is 0.142. The molecule has 1 saturated carbocycles. The number of aliphatic imine (C=N–C) groups is 1. The van der Waals surface area contributed by atoms with E-state index >= 15 is 0 Å². The summed E-state index contributed by atoms with van der Waals surface area (Å²) in [4.78, 5) is 32.4. The number of benzene rings is 2. The van der Waals surface area contributed by atoms with Gasteiger partial charge in [0.05, 0.1) is 0 Å². The number of carbonyl (C=O) groups excluding carboxylic acids is 2. The number of hydrogen-bond donors (Lipinski definition) is 1. The van der Waals surface area contributed by atoms with Gasteiger partial charge in [0, 0.05) is 5.56 Å². The Morgan fingerprint density at radius 3 is 2.27 bits per heavy atom. The summed E-state index contributed by atoms with van der Waals surface area (Å²) in [5, 5.41) is 0. The zero-order valence-corrected chi connectivity index (χ0v) is 16.5. The van der Waals surface area contributed by atoms with Gasteiger partial charge in [-0.05, 0) is 43.4 Å². The number of rotatable bonds is 4. The van der Waals surface area contributed by atoms with Crippen molar-refractivity contribution >= 4 is 17.5 Å². The number of halogens is 2. The van der Waals surface area contributed by atoms with Crippen molar-refractivity contribution in [3.8, 4) is 0 Å². The first kappa shape index (κ1) is 20.2. The van der Waals surface area contributed by atoms with Crippen LogP contribution in [0.5, 0.6) is 0 Å². The number of amides is 2. The van der Waals surface area contributed by atoms with E-state index in [2.05, 4.69) is 0 Å². The minimum Gasteiger partial charge on any atom is -0.368 e. The van der Waals surface area contributed by atoms with Crippen LogP contribution in [0.25, 0.3) is 0 Å². The van der Waals surface area contributed by atoms with Crippen molar-refractivity contribution < 1.29 is 18.4 Å². The molecule has 1 unspecified atom stereocenters. The van der Waals surface area contributed by atoms with Crippen molar-refractivity contribution in [1.29, 1.82) is 0 Å². The monoisotopic (exact) mass is 411 g/mol. The highest BCUT2D eigenvalue weighted by atomic mass is 19.2. The molecule has 1 fully saturated rings. The molecule has 0 saturated heterocycles. The number of nitrogens with two attached hydrogens (primary N) is 1. The largest absolute Gasteiger partial charge is 0.368 e. The molecule has 156 valence electrons. The van der Waals surface area contributed by atoms with E-state index in [1.165, 1.54) is 11.0 Å². The van der Waals surface area contributed by atoms with Crippen molar-refractivity contribution in [3.05, 3.63) is 71.3 Å². The Hall–Kier alpha value is -3.09. The van der Waals surface area contributed by atoms with Gasteiger partial charge in [0.15, 0.2) is 11.6 Å². The lowest BCUT2D eigenvalue weighted by molar-refractivity contribution is -0.140. The van der Waals surface area contributed by atoms with Crippen LogP contribution in [0.2, 0.25) is 0 Å². The van der Waals surface area contributed by atoms with E-state index < -0.39 is 35.2 Å². The van der Waals surface area contributed by atoms with Crippen LogP contribution in [0.4, 0.5) is 8.78 Å². The summed E-state index contributed by atoms with van der Waals surface area (Å²) in [6.07, 6.45) is 4.88. The van der Waals surface area contributed by atoms with Crippen LogP contribution in [0.3, 0.4) is 0 Å². The second kappa shape index (κ2) is 7.97. The zero-order valence-electron chi connectivity index (χ0n) is 16.5. The Labute approximate surface area is 173 Å². The molecule has 2 aliphatic rings. The Kier molecular flexibility index (Phi) is 5.37. The third-order valence-corrected chi connectivity index (χ3v) is 5.93. The second-order valence-corrected chi connectivity index (χ2v) is 7.88. The molecule has 1 heterocycles. The Bertz CT molecular complexity index is 999. The lowest BCUT2D eigenvalue weighted by Crippen LogP contribution is -2.52. The molecule has 0 radical (unpaired) electrons. The van der Waals surface area contributed by atoms with Crippen molar-refractivity contribution in [3.63, 3.8) is 0 Å². The van der Waals surface area contributed by atoms with Gasteiger partial charge >= 0.3 is 0 Å². The fourth-order valence-corrected chi connectivity index (χ4v) is 4.53. The molecule has 7 heteroatoms. The van der Waals surface area contributed by atoms with Gasteiger partial charge in [0.2, 0.25) is 5.91 Å². The van der Waals surface area contributed by atoms with E-state index in [1.807, 2.05) is 18.2 Å². The van der Waals surface area contributed by atoms with E-state index in [4.69, 9.17) is 10.7 Å². The molecule has 2 N–H and O–H groups in total. The molecule has 1 aliphatic carbocycles. The van der Waals surface area contributed by atoms with Gasteiger partial charge in [-0.25, -0.2) is 8.78 Å². The molecule has 1 spiro atoms. The van der Waals surface area contributed by atoms with Crippen LogP contribution in [-0.4, -0.2) is 28.1 Å². The second-order valence-electron chi connectivity index (χ2n) is 7.88. The normalized spacial score (nSPS) is 19.5. The summed E-state index contributed by atoms with van der Waals surface area (Å²) in [5.74, 6) is -3.34. The highest BCUT2D eigenvalue weighted by Crippen LogP contribution is 2.43. The van der Waals surface area contributed by atoms with E-state index in [0.717, 1.165) is 37.8 Å². The average Bonchev–Trinajstić information content (AvgIpc) is 2.87. The summed E-state index contributed by atoms with van der Waals surface area (Å²) in [6, 6.07) is 11.0. The standard InChI is InChI=1S/C23H23F2N3O2/c24-17-11-10-16(14-18(17)25)20(21(26)29)28-22(30)19(15-8-4-3-5-9-15)27-23(28)12-6-1-2-7-13-23/h3-5,8-11,14,20H,1-2,6-7,12-13H2,(H2,26,29). The van der Waals surface area contributed by atoms with Crippen LogP contribution in [0, 0.1) is 11.6 Å². The summed E-state index contributed by atoms with van der Waals surface area (Å²) in [6.45, 7) is 0. The lowest BCUT2D eigenvalue weighted by Gasteiger charge is -2.40. The lowest BCUT2D eigenvalue weighted by atomic mass is 9.94. The molecule has 0 aromatic heterocycles. The molecule has 2 aromatic rings. The summed E-state index contributed by atoms with van der Waals surface area (Å²) >= 11 is 0. The zero-order chi connectivity index (χ0) is 21.3. The van der Waals surface area contributed by atoms with Crippen molar-refractivity contribution in [2.75, 3.05) is 0 Å². The number of nitrogens with zero attached hydrogens (tertiary/aromatic N) is 2. The summed E-state index contributed by atoms with van der Waals surface area (Å²) in [7, 11) is 0. The van der Waals surface area contributed by atoms with Crippen molar-refractivity contribution in [1.82, 2.24) is 4.90 Å².